The lowest BCUT2D eigenvalue weighted by atomic mass is 10.3. The number of sulfonamides is 1. The van der Waals surface area contributed by atoms with Gasteiger partial charge in [-0.3, -0.25) is 4.79 Å². The molecule has 0 fully saturated rings. The number of carbonyl (C=O) groups excluding carboxylic acids is 1. The topological polar surface area (TPSA) is 115 Å². The summed E-state index contributed by atoms with van der Waals surface area (Å²) in [5.41, 5.74) is 0.314. The van der Waals surface area contributed by atoms with Crippen LogP contribution in [0.2, 0.25) is 5.02 Å². The van der Waals surface area contributed by atoms with Gasteiger partial charge in [0.05, 0.1) is 15.6 Å². The van der Waals surface area contributed by atoms with Gasteiger partial charge in [0, 0.05) is 6.07 Å². The Balaban J connectivity index is 2.25. The fourth-order valence-electron chi connectivity index (χ4n) is 1.29. The first-order valence-corrected chi connectivity index (χ1v) is 6.84. The molecule has 0 spiro atoms. The molecule has 0 saturated carbocycles. The van der Waals surface area contributed by atoms with Crippen LogP contribution in [0.3, 0.4) is 0 Å². The van der Waals surface area contributed by atoms with E-state index in [2.05, 4.69) is 15.0 Å². The molecule has 7 nitrogen and oxygen atoms in total. The maximum absolute atomic E-state index is 11.7. The van der Waals surface area contributed by atoms with Gasteiger partial charge in [0.1, 0.15) is 6.26 Å². The van der Waals surface area contributed by atoms with Crippen LogP contribution in [0.4, 0.5) is 5.69 Å². The van der Waals surface area contributed by atoms with Crippen molar-refractivity contribution in [2.45, 2.75) is 4.90 Å². The van der Waals surface area contributed by atoms with E-state index in [1.165, 1.54) is 24.5 Å². The third-order valence-corrected chi connectivity index (χ3v) is 3.41. The Morgan fingerprint density at radius 2 is 2.11 bits per heavy atom. The predicted molar refractivity (Wildman–Crippen MR) is 67.3 cm³/mol. The van der Waals surface area contributed by atoms with Crippen LogP contribution in [0.5, 0.6) is 0 Å². The monoisotopic (exact) mass is 301 g/mol. The molecule has 1 heterocycles. The molecule has 9 heteroatoms. The molecule has 1 aromatic heterocycles. The van der Waals surface area contributed by atoms with E-state index in [0.29, 0.717) is 0 Å². The number of amides is 1. The molecule has 0 aliphatic heterocycles. The van der Waals surface area contributed by atoms with Gasteiger partial charge in [-0.25, -0.2) is 13.6 Å². The summed E-state index contributed by atoms with van der Waals surface area (Å²) in [6.07, 6.45) is 1.25. The minimum absolute atomic E-state index is 0.0448. The summed E-state index contributed by atoms with van der Waals surface area (Å²) in [5, 5.41) is 10.9. The van der Waals surface area contributed by atoms with Crippen molar-refractivity contribution in [2.75, 3.05) is 5.32 Å². The molecular formula is C10H8ClN3O4S. The Kier molecular flexibility index (Phi) is 3.56. The van der Waals surface area contributed by atoms with Crippen molar-refractivity contribution in [1.82, 2.24) is 5.16 Å². The van der Waals surface area contributed by atoms with Gasteiger partial charge in [-0.1, -0.05) is 16.8 Å². The average molecular weight is 302 g/mol. The second-order valence-electron chi connectivity index (χ2n) is 3.53. The summed E-state index contributed by atoms with van der Waals surface area (Å²) in [7, 11) is -3.84. The number of nitrogens with zero attached hydrogens (tertiary/aromatic N) is 1. The van der Waals surface area contributed by atoms with Gasteiger partial charge in [0.25, 0.3) is 5.91 Å². The predicted octanol–water partition coefficient (Wildman–Crippen LogP) is 1.23. The SMILES string of the molecule is NS(=O)(=O)c1ccc(NC(=O)c2ccon2)c(Cl)c1. The molecule has 0 bridgehead atoms. The van der Waals surface area contributed by atoms with Crippen LogP contribution < -0.4 is 10.5 Å². The van der Waals surface area contributed by atoms with E-state index in [4.69, 9.17) is 16.7 Å². The summed E-state index contributed by atoms with van der Waals surface area (Å²) in [4.78, 5) is 11.5. The highest BCUT2D eigenvalue weighted by atomic mass is 35.5. The number of hydrogen-bond acceptors (Lipinski definition) is 5. The molecule has 0 saturated heterocycles. The third-order valence-electron chi connectivity index (χ3n) is 2.19. The fourth-order valence-corrected chi connectivity index (χ4v) is 2.12. The summed E-state index contributed by atoms with van der Waals surface area (Å²) in [5.74, 6) is -0.529. The number of halogens is 1. The molecule has 2 rings (SSSR count). The standard InChI is InChI=1S/C10H8ClN3O4S/c11-7-5-6(19(12,16)17)1-2-8(7)13-10(15)9-3-4-18-14-9/h1-5H,(H,13,15)(H2,12,16,17). The number of anilines is 1. The quantitative estimate of drug-likeness (QED) is 0.884. The summed E-state index contributed by atoms with van der Waals surface area (Å²) >= 11 is 5.86. The van der Waals surface area contributed by atoms with E-state index >= 15 is 0 Å². The molecule has 0 unspecified atom stereocenters. The average Bonchev–Trinajstić information content (AvgIpc) is 2.84. The molecule has 19 heavy (non-hydrogen) atoms. The minimum Gasteiger partial charge on any atom is -0.364 e. The second kappa shape index (κ2) is 5.00. The van der Waals surface area contributed by atoms with Gasteiger partial charge in [-0.2, -0.15) is 0 Å². The van der Waals surface area contributed by atoms with Gasteiger partial charge in [-0.15, -0.1) is 0 Å². The summed E-state index contributed by atoms with van der Waals surface area (Å²) in [6.45, 7) is 0. The number of nitrogens with two attached hydrogens (primary N) is 1. The van der Waals surface area contributed by atoms with E-state index in [1.807, 2.05) is 0 Å². The molecule has 0 aliphatic rings. The van der Waals surface area contributed by atoms with Crippen LogP contribution in [0.15, 0.2) is 39.9 Å². The van der Waals surface area contributed by atoms with Crippen LogP contribution in [-0.2, 0) is 10.0 Å². The van der Waals surface area contributed by atoms with Gasteiger partial charge in [-0.05, 0) is 18.2 Å². The number of aromatic nitrogens is 1. The lowest BCUT2D eigenvalue weighted by Gasteiger charge is -2.06. The highest BCUT2D eigenvalue weighted by molar-refractivity contribution is 7.89. The largest absolute Gasteiger partial charge is 0.364 e. The molecule has 0 radical (unpaired) electrons. The summed E-state index contributed by atoms with van der Waals surface area (Å²) in [6, 6.07) is 5.09. The molecule has 3 N–H and O–H groups in total. The van der Waals surface area contributed by atoms with E-state index in [-0.39, 0.29) is 21.3 Å². The normalized spacial score (nSPS) is 11.3. The highest BCUT2D eigenvalue weighted by Crippen LogP contribution is 2.25. The lowest BCUT2D eigenvalue weighted by molar-refractivity contribution is 0.101. The molecule has 1 amide bonds. The fraction of sp³-hybridized carbons (Fsp3) is 0. The van der Waals surface area contributed by atoms with Crippen molar-refractivity contribution in [3.05, 3.63) is 41.2 Å². The van der Waals surface area contributed by atoms with E-state index < -0.39 is 15.9 Å². The molecule has 2 aromatic rings. The van der Waals surface area contributed by atoms with Crippen LogP contribution in [0, 0.1) is 0 Å². The molecule has 100 valence electrons. The Hall–Kier alpha value is -1.90. The Bertz CT molecular complexity index is 712. The minimum atomic E-state index is -3.84. The zero-order valence-electron chi connectivity index (χ0n) is 9.33. The lowest BCUT2D eigenvalue weighted by Crippen LogP contribution is -2.14. The van der Waals surface area contributed by atoms with Crippen molar-refractivity contribution in [3.8, 4) is 0 Å². The first-order chi connectivity index (χ1) is 8.88. The van der Waals surface area contributed by atoms with Crippen molar-refractivity contribution >= 4 is 33.2 Å². The Morgan fingerprint density at radius 1 is 1.37 bits per heavy atom. The van der Waals surface area contributed by atoms with E-state index in [9.17, 15) is 13.2 Å². The van der Waals surface area contributed by atoms with Crippen molar-refractivity contribution in [1.29, 1.82) is 0 Å². The Labute approximate surface area is 113 Å². The number of benzene rings is 1. The van der Waals surface area contributed by atoms with Crippen LogP contribution in [-0.4, -0.2) is 19.5 Å². The molecular weight excluding hydrogens is 294 g/mol. The van der Waals surface area contributed by atoms with Crippen LogP contribution in [0.25, 0.3) is 0 Å². The number of hydrogen-bond donors (Lipinski definition) is 2. The third kappa shape index (κ3) is 3.11. The van der Waals surface area contributed by atoms with Gasteiger partial charge in [0.15, 0.2) is 5.69 Å². The summed E-state index contributed by atoms with van der Waals surface area (Å²) < 4.78 is 26.8. The van der Waals surface area contributed by atoms with Gasteiger partial charge < -0.3 is 9.84 Å². The number of nitrogens with one attached hydrogen (secondary N) is 1. The van der Waals surface area contributed by atoms with Gasteiger partial charge >= 0.3 is 0 Å². The van der Waals surface area contributed by atoms with Crippen LogP contribution >= 0.6 is 11.6 Å². The van der Waals surface area contributed by atoms with E-state index in [1.54, 1.807) is 0 Å². The number of primary sulfonamides is 1. The molecule has 0 atom stereocenters. The first-order valence-electron chi connectivity index (χ1n) is 4.92. The van der Waals surface area contributed by atoms with Crippen molar-refractivity contribution in [2.24, 2.45) is 5.14 Å². The van der Waals surface area contributed by atoms with Crippen LogP contribution in [0.1, 0.15) is 10.5 Å². The number of carbonyl (C=O) groups is 1. The maximum atomic E-state index is 11.7. The molecule has 0 aliphatic carbocycles. The maximum Gasteiger partial charge on any atom is 0.277 e. The second-order valence-corrected chi connectivity index (χ2v) is 5.49. The van der Waals surface area contributed by atoms with Crippen molar-refractivity contribution in [3.63, 3.8) is 0 Å². The van der Waals surface area contributed by atoms with Gasteiger partial charge in [0.2, 0.25) is 10.0 Å². The highest BCUT2D eigenvalue weighted by Gasteiger charge is 2.14. The van der Waals surface area contributed by atoms with E-state index in [0.717, 1.165) is 6.07 Å². The van der Waals surface area contributed by atoms with Crippen molar-refractivity contribution < 1.29 is 17.7 Å². The molecule has 1 aromatic carbocycles. The zero-order chi connectivity index (χ0) is 14.0. The Morgan fingerprint density at radius 3 is 2.63 bits per heavy atom. The zero-order valence-corrected chi connectivity index (χ0v) is 10.9. The smallest absolute Gasteiger partial charge is 0.277 e. The first kappa shape index (κ1) is 13.5. The number of rotatable bonds is 3.